The SMILES string of the molecule is CC(C)C(CC(=O)c1ccc([18F])cc1)C(=O)N[C@@H](COP(=O)(O)CC(CCC(=O)[O-])C(=O)[O-])C(=O)[O-].CCC(C)C(CC(=O)c1ccc(F)cc1)C(=O)N[C@@H](COP(=O)(O)CC(C)CCC(=O)[O-])C(=O)[O-]. The van der Waals surface area contributed by atoms with E-state index in [1.807, 2.05) is 0 Å². The molecule has 9 atom stereocenters. The molecule has 71 heavy (non-hydrogen) atoms. The largest absolute Gasteiger partial charge is 0.550 e. The third kappa shape index (κ3) is 24.8. The van der Waals surface area contributed by atoms with E-state index in [9.17, 15) is 96.4 Å². The normalized spacial score (nSPS) is 15.9. The Morgan fingerprint density at radius 3 is 1.34 bits per heavy atom. The second kappa shape index (κ2) is 30.2. The minimum atomic E-state index is -4.77. The fraction of sp³-hybridized carbons (Fsp3) is 0.533. The van der Waals surface area contributed by atoms with Crippen molar-refractivity contribution in [3.05, 3.63) is 71.3 Å². The molecule has 2 rings (SSSR count). The van der Waals surface area contributed by atoms with Gasteiger partial charge in [0.1, 0.15) is 11.6 Å². The van der Waals surface area contributed by atoms with Gasteiger partial charge in [-0.15, -0.1) is 0 Å². The molecule has 0 radical (unpaired) electrons. The highest BCUT2D eigenvalue weighted by Gasteiger charge is 2.33. The minimum absolute atomic E-state index is 0.0650. The third-order valence-electron chi connectivity index (χ3n) is 10.9. The Hall–Kier alpha value is -5.77. The molecule has 4 N–H and O–H groups in total. The van der Waals surface area contributed by atoms with Gasteiger partial charge in [-0.25, -0.2) is 8.78 Å². The molecule has 0 aromatic heterocycles. The molecule has 0 aliphatic rings. The first kappa shape index (κ1) is 63.2. The number of ketones is 2. The lowest BCUT2D eigenvalue weighted by molar-refractivity contribution is -0.313. The number of nitrogens with one attached hydrogen (secondary N) is 2. The molecule has 26 heteroatoms. The number of Topliss-reactive ketones (excluding diaryl/α,β-unsaturated/α-hetero) is 2. The zero-order valence-electron chi connectivity index (χ0n) is 39.4. The Kier molecular flexibility index (Phi) is 26.9. The van der Waals surface area contributed by atoms with Crippen molar-refractivity contribution >= 4 is 68.4 Å². The molecule has 0 fully saturated rings. The van der Waals surface area contributed by atoms with Crippen LogP contribution in [0.2, 0.25) is 0 Å². The van der Waals surface area contributed by atoms with Gasteiger partial charge < -0.3 is 79.0 Å². The predicted octanol–water partition coefficient (Wildman–Crippen LogP) is -1.33. The number of carbonyl (C=O) groups excluding carboxylic acids is 9. The van der Waals surface area contributed by atoms with Crippen molar-refractivity contribution in [1.29, 1.82) is 0 Å². The third-order valence-corrected chi connectivity index (χ3v) is 14.0. The number of carbonyl (C=O) groups is 9. The first-order chi connectivity index (χ1) is 32.9. The molecule has 2 amide bonds. The lowest BCUT2D eigenvalue weighted by Crippen LogP contribution is -2.52. The standard InChI is InChI=1S/C23H33FNO9P.C22H29FNO11P/c1-4-15(3)18(11-20(26)16-6-8-17(24)9-7-16)22(29)25-19(23(30)31)12-34-35(32,33)13-14(2)5-10-21(27)28;1-12(2)16(9-18(25)13-3-6-15(23)7-4-13)20(28)24-17(22(31)32)10-35-36(33,34)11-14(21(29)30)5-8-19(26)27/h6-9,14-15,18-19H,4-5,10-13H2,1-3H3,(H,25,29)(H,27,28)(H,30,31)(H,32,33);3-4,6-7,12,14,16-17H,5,8-11H2,1-2H3,(H,24,28)(H,26,27)(H,29,30)(H,31,32)(H,33,34)/p-5/t14?,15?,18?,19-;14?,16?,17-/m00/s1/i;23-1. The van der Waals surface area contributed by atoms with Gasteiger partial charge in [-0.2, -0.15) is 0 Å². The van der Waals surface area contributed by atoms with Gasteiger partial charge in [0, 0.05) is 59.6 Å². The van der Waals surface area contributed by atoms with Gasteiger partial charge in [0.15, 0.2) is 11.6 Å². The molecule has 0 heterocycles. The van der Waals surface area contributed by atoms with Crippen molar-refractivity contribution in [3.63, 3.8) is 0 Å². The lowest BCUT2D eigenvalue weighted by atomic mass is 9.85. The maximum Gasteiger partial charge on any atom is 0.328 e. The molecule has 2 aromatic carbocycles. The number of rotatable bonds is 32. The molecule has 22 nitrogen and oxygen atoms in total. The summed E-state index contributed by atoms with van der Waals surface area (Å²) in [7, 11) is -9.07. The van der Waals surface area contributed by atoms with E-state index in [1.54, 1.807) is 27.7 Å². The quantitative estimate of drug-likeness (QED) is 0.0487. The highest BCUT2D eigenvalue weighted by atomic mass is 31.2. The number of amides is 2. The average molecular weight is 1040 g/mol. The van der Waals surface area contributed by atoms with Gasteiger partial charge in [0.2, 0.25) is 11.8 Å². The van der Waals surface area contributed by atoms with Crippen LogP contribution in [0, 0.1) is 47.1 Å². The Balaban J connectivity index is 0.000000710. The van der Waals surface area contributed by atoms with Crippen molar-refractivity contribution in [3.8, 4) is 0 Å². The van der Waals surface area contributed by atoms with E-state index < -0.39 is 160 Å². The second-order valence-electron chi connectivity index (χ2n) is 17.0. The molecular formula is C45H57F2N2O20P2-5. The molecule has 2 aromatic rings. The van der Waals surface area contributed by atoms with Crippen LogP contribution in [-0.4, -0.2) is 101 Å². The summed E-state index contributed by atoms with van der Waals surface area (Å²) in [5, 5.41) is 59.4. The van der Waals surface area contributed by atoms with Gasteiger partial charge in [-0.3, -0.25) is 28.3 Å². The van der Waals surface area contributed by atoms with Gasteiger partial charge in [0.05, 0.1) is 49.6 Å². The van der Waals surface area contributed by atoms with Crippen molar-refractivity contribution < 1.29 is 105 Å². The summed E-state index contributed by atoms with van der Waals surface area (Å²) in [6, 6.07) is 5.69. The summed E-state index contributed by atoms with van der Waals surface area (Å²) in [5.74, 6) is -17.0. The molecule has 0 aliphatic carbocycles. The number of halogens is 2. The van der Waals surface area contributed by atoms with Crippen LogP contribution in [0.4, 0.5) is 8.78 Å². The van der Waals surface area contributed by atoms with E-state index >= 15 is 0 Å². The first-order valence-electron chi connectivity index (χ1n) is 22.0. The van der Waals surface area contributed by atoms with E-state index in [-0.39, 0.29) is 42.7 Å². The van der Waals surface area contributed by atoms with E-state index in [2.05, 4.69) is 15.2 Å². The van der Waals surface area contributed by atoms with Crippen molar-refractivity contribution in [2.24, 2.45) is 35.5 Å². The molecule has 396 valence electrons. The Morgan fingerprint density at radius 1 is 0.592 bits per heavy atom. The van der Waals surface area contributed by atoms with Crippen LogP contribution < -0.4 is 36.2 Å². The Morgan fingerprint density at radius 2 is 0.972 bits per heavy atom. The smallest absolute Gasteiger partial charge is 0.328 e. The van der Waals surface area contributed by atoms with Gasteiger partial charge in [0.25, 0.3) is 0 Å². The van der Waals surface area contributed by atoms with Gasteiger partial charge in [-0.05, 0) is 92.0 Å². The van der Waals surface area contributed by atoms with Crippen molar-refractivity contribution in [2.75, 3.05) is 25.5 Å². The number of hydrogen-bond acceptors (Lipinski definition) is 18. The monoisotopic (exact) mass is 1040 g/mol. The number of carboxylic acid groups (broad SMARTS) is 5. The predicted molar refractivity (Wildman–Crippen MR) is 233 cm³/mol. The maximum absolute atomic E-state index is 13.1. The maximum atomic E-state index is 13.1. The summed E-state index contributed by atoms with van der Waals surface area (Å²) in [6.45, 7) is 6.27. The minimum Gasteiger partial charge on any atom is -0.550 e. The average Bonchev–Trinajstić information content (AvgIpc) is 3.27. The number of aliphatic carboxylic acids is 5. The van der Waals surface area contributed by atoms with E-state index in [1.165, 1.54) is 31.2 Å². The highest BCUT2D eigenvalue weighted by molar-refractivity contribution is 7.53. The molecule has 0 saturated carbocycles. The molecular weight excluding hydrogens is 987 g/mol. The van der Waals surface area contributed by atoms with Crippen LogP contribution in [0.3, 0.4) is 0 Å². The Bertz CT molecular complexity index is 2260. The molecule has 0 saturated heterocycles. The number of benzene rings is 2. The van der Waals surface area contributed by atoms with Crippen LogP contribution in [0.1, 0.15) is 100 Å². The van der Waals surface area contributed by atoms with Crippen LogP contribution in [0.25, 0.3) is 0 Å². The Labute approximate surface area is 407 Å². The zero-order chi connectivity index (χ0) is 54.4. The summed E-state index contributed by atoms with van der Waals surface area (Å²) < 4.78 is 60.2. The highest BCUT2D eigenvalue weighted by Crippen LogP contribution is 2.45. The summed E-state index contributed by atoms with van der Waals surface area (Å²) in [6.07, 6.45) is -3.17. The zero-order valence-corrected chi connectivity index (χ0v) is 41.2. The molecule has 0 spiro atoms. The van der Waals surface area contributed by atoms with Crippen molar-refractivity contribution in [1.82, 2.24) is 10.6 Å². The number of hydrogen-bond donors (Lipinski definition) is 4. The van der Waals surface area contributed by atoms with Gasteiger partial charge >= 0.3 is 15.2 Å². The molecule has 0 aliphatic heterocycles. The van der Waals surface area contributed by atoms with Crippen LogP contribution in [-0.2, 0) is 51.7 Å². The van der Waals surface area contributed by atoms with E-state index in [0.717, 1.165) is 24.3 Å². The molecule has 0 bridgehead atoms. The van der Waals surface area contributed by atoms with E-state index in [0.29, 0.717) is 6.42 Å². The lowest BCUT2D eigenvalue weighted by Gasteiger charge is -2.27. The van der Waals surface area contributed by atoms with Gasteiger partial charge in [-0.1, -0.05) is 41.0 Å². The summed E-state index contributed by atoms with van der Waals surface area (Å²) in [5.41, 5.74) is 0.332. The van der Waals surface area contributed by atoms with Crippen LogP contribution in [0.15, 0.2) is 48.5 Å². The van der Waals surface area contributed by atoms with Crippen molar-refractivity contribution in [2.45, 2.75) is 91.6 Å². The fourth-order valence-corrected chi connectivity index (χ4v) is 9.29. The first-order valence-corrected chi connectivity index (χ1v) is 25.5. The molecule has 7 unspecified atom stereocenters. The van der Waals surface area contributed by atoms with Crippen LogP contribution >= 0.6 is 15.2 Å². The van der Waals surface area contributed by atoms with Crippen LogP contribution in [0.5, 0.6) is 0 Å². The number of carboxylic acids is 5. The fourth-order valence-electron chi connectivity index (χ4n) is 6.46. The summed E-state index contributed by atoms with van der Waals surface area (Å²) in [4.78, 5) is 126. The topological polar surface area (TPSA) is 386 Å². The van der Waals surface area contributed by atoms with E-state index in [4.69, 9.17) is 4.52 Å². The summed E-state index contributed by atoms with van der Waals surface area (Å²) >= 11 is 0. The second-order valence-corrected chi connectivity index (χ2v) is 20.8.